The molecule has 2 N–H and O–H groups in total. The first-order valence-electron chi connectivity index (χ1n) is 7.79. The molecule has 1 amide bonds. The lowest BCUT2D eigenvalue weighted by Crippen LogP contribution is -2.29. The maximum atomic E-state index is 12.4. The van der Waals surface area contributed by atoms with Crippen LogP contribution in [0.25, 0.3) is 10.2 Å². The molecule has 7 nitrogen and oxygen atoms in total. The molecule has 1 aromatic heterocycles. The quantitative estimate of drug-likeness (QED) is 0.645. The number of aromatic nitrogens is 1. The van der Waals surface area contributed by atoms with Gasteiger partial charge in [0.25, 0.3) is 5.91 Å². The molecule has 0 aliphatic rings. The number of carbonyl (C=O) groups excluding carboxylic acids is 1. The van der Waals surface area contributed by atoms with Crippen LogP contribution in [0, 0.1) is 6.92 Å². The Balaban J connectivity index is 1.80. The van der Waals surface area contributed by atoms with Crippen molar-refractivity contribution in [2.75, 3.05) is 26.8 Å². The first-order valence-corrected chi connectivity index (χ1v) is 8.61. The molecule has 8 heteroatoms. The Hall–Kier alpha value is -3.00. The van der Waals surface area contributed by atoms with Crippen LogP contribution in [0.15, 0.2) is 30.3 Å². The van der Waals surface area contributed by atoms with Crippen LogP contribution in [0.2, 0.25) is 0 Å². The van der Waals surface area contributed by atoms with Gasteiger partial charge in [-0.2, -0.15) is 0 Å². The molecule has 136 valence electrons. The number of nitrogens with zero attached hydrogens (tertiary/aromatic N) is 1. The molecule has 2 aromatic carbocycles. The molecule has 0 radical (unpaired) electrons. The first-order chi connectivity index (χ1) is 12.5. The van der Waals surface area contributed by atoms with Crippen molar-refractivity contribution >= 4 is 32.6 Å². The van der Waals surface area contributed by atoms with Crippen LogP contribution in [-0.2, 0) is 0 Å². The molecule has 0 unspecified atom stereocenters. The third-order valence-corrected chi connectivity index (χ3v) is 4.93. The zero-order valence-electron chi connectivity index (χ0n) is 14.9. The van der Waals surface area contributed by atoms with Crippen LogP contribution < -0.4 is 25.1 Å². The average Bonchev–Trinajstić information content (AvgIpc) is 3.11. The number of hydrogen-bond acceptors (Lipinski definition) is 7. The number of carbonyl (C=O) groups is 1. The van der Waals surface area contributed by atoms with Crippen molar-refractivity contribution in [3.8, 4) is 17.2 Å². The SMILES string of the molecule is COc1cc(OC)cc(C(=O)NNc2nc3c(OC)ccc(C)c3s2)c1. The Morgan fingerprint density at radius 2 is 1.73 bits per heavy atom. The predicted molar refractivity (Wildman–Crippen MR) is 102 cm³/mol. The highest BCUT2D eigenvalue weighted by Crippen LogP contribution is 2.34. The number of hydrogen-bond donors (Lipinski definition) is 2. The fourth-order valence-electron chi connectivity index (χ4n) is 2.45. The van der Waals surface area contributed by atoms with Crippen molar-refractivity contribution in [1.82, 2.24) is 10.4 Å². The van der Waals surface area contributed by atoms with E-state index in [4.69, 9.17) is 14.2 Å². The van der Waals surface area contributed by atoms with E-state index >= 15 is 0 Å². The van der Waals surface area contributed by atoms with Crippen LogP contribution in [0.3, 0.4) is 0 Å². The van der Waals surface area contributed by atoms with Gasteiger partial charge in [-0.1, -0.05) is 17.4 Å². The maximum Gasteiger partial charge on any atom is 0.269 e. The minimum atomic E-state index is -0.329. The smallest absolute Gasteiger partial charge is 0.269 e. The highest BCUT2D eigenvalue weighted by atomic mass is 32.1. The molecule has 26 heavy (non-hydrogen) atoms. The largest absolute Gasteiger partial charge is 0.497 e. The second kappa shape index (κ2) is 7.49. The van der Waals surface area contributed by atoms with Crippen molar-refractivity contribution in [1.29, 1.82) is 0 Å². The topological polar surface area (TPSA) is 81.7 Å². The van der Waals surface area contributed by atoms with Crippen LogP contribution in [0.5, 0.6) is 17.2 Å². The molecule has 0 aliphatic carbocycles. The maximum absolute atomic E-state index is 12.4. The van der Waals surface area contributed by atoms with Gasteiger partial charge in [-0.05, 0) is 30.7 Å². The minimum Gasteiger partial charge on any atom is -0.497 e. The highest BCUT2D eigenvalue weighted by Gasteiger charge is 2.13. The van der Waals surface area contributed by atoms with Crippen molar-refractivity contribution in [2.24, 2.45) is 0 Å². The van der Waals surface area contributed by atoms with Gasteiger partial charge in [-0.25, -0.2) is 4.98 Å². The number of methoxy groups -OCH3 is 3. The Kier molecular flexibility index (Phi) is 5.13. The Morgan fingerprint density at radius 1 is 1.04 bits per heavy atom. The van der Waals surface area contributed by atoms with E-state index in [1.54, 1.807) is 25.3 Å². The summed E-state index contributed by atoms with van der Waals surface area (Å²) in [5, 5.41) is 0.566. The lowest BCUT2D eigenvalue weighted by atomic mass is 10.2. The fourth-order valence-corrected chi connectivity index (χ4v) is 3.35. The number of thiazole rings is 1. The number of benzene rings is 2. The Morgan fingerprint density at radius 3 is 2.35 bits per heavy atom. The number of aryl methyl sites for hydroxylation is 1. The fraction of sp³-hybridized carbons (Fsp3) is 0.222. The second-order valence-corrected chi connectivity index (χ2v) is 6.46. The average molecular weight is 373 g/mol. The minimum absolute atomic E-state index is 0.329. The van der Waals surface area contributed by atoms with E-state index in [0.717, 1.165) is 15.8 Å². The summed E-state index contributed by atoms with van der Waals surface area (Å²) in [7, 11) is 4.67. The zero-order valence-corrected chi connectivity index (χ0v) is 15.7. The number of rotatable bonds is 6. The summed E-state index contributed by atoms with van der Waals surface area (Å²) in [6, 6.07) is 8.81. The molecule has 0 fully saturated rings. The van der Waals surface area contributed by atoms with E-state index in [9.17, 15) is 4.79 Å². The standard InChI is InChI=1S/C18H19N3O4S/c1-10-5-6-14(25-4)15-16(10)26-18(19-15)21-20-17(22)11-7-12(23-2)9-13(8-11)24-3/h5-9H,1-4H3,(H,19,21)(H,20,22). The second-order valence-electron chi connectivity index (χ2n) is 5.46. The summed E-state index contributed by atoms with van der Waals surface area (Å²) in [5.74, 6) is 1.44. The zero-order chi connectivity index (χ0) is 18.7. The molecule has 0 atom stereocenters. The molecule has 0 saturated carbocycles. The van der Waals surface area contributed by atoms with Gasteiger partial charge in [-0.3, -0.25) is 15.6 Å². The van der Waals surface area contributed by atoms with Gasteiger partial charge in [0.15, 0.2) is 0 Å². The van der Waals surface area contributed by atoms with Crippen LogP contribution in [0.1, 0.15) is 15.9 Å². The number of fused-ring (bicyclic) bond motifs is 1. The van der Waals surface area contributed by atoms with Gasteiger partial charge in [0.1, 0.15) is 22.8 Å². The number of amides is 1. The third kappa shape index (κ3) is 3.50. The van der Waals surface area contributed by atoms with Gasteiger partial charge >= 0.3 is 0 Å². The van der Waals surface area contributed by atoms with Gasteiger partial charge in [0, 0.05) is 11.6 Å². The van der Waals surface area contributed by atoms with Crippen molar-refractivity contribution in [3.63, 3.8) is 0 Å². The van der Waals surface area contributed by atoms with E-state index < -0.39 is 0 Å². The third-order valence-electron chi connectivity index (χ3n) is 3.82. The summed E-state index contributed by atoms with van der Waals surface area (Å²) < 4.78 is 16.7. The summed E-state index contributed by atoms with van der Waals surface area (Å²) >= 11 is 1.44. The summed E-state index contributed by atoms with van der Waals surface area (Å²) in [5.41, 5.74) is 7.76. The molecule has 0 aliphatic heterocycles. The van der Waals surface area contributed by atoms with E-state index in [0.29, 0.717) is 27.9 Å². The number of anilines is 1. The van der Waals surface area contributed by atoms with E-state index in [1.165, 1.54) is 25.6 Å². The van der Waals surface area contributed by atoms with E-state index in [-0.39, 0.29) is 5.91 Å². The normalized spacial score (nSPS) is 10.5. The van der Waals surface area contributed by atoms with Gasteiger partial charge < -0.3 is 14.2 Å². The Bertz CT molecular complexity index is 933. The summed E-state index contributed by atoms with van der Waals surface area (Å²) in [4.78, 5) is 16.9. The molecule has 1 heterocycles. The van der Waals surface area contributed by atoms with Crippen molar-refractivity contribution in [3.05, 3.63) is 41.5 Å². The van der Waals surface area contributed by atoms with Crippen LogP contribution in [0.4, 0.5) is 5.13 Å². The summed E-state index contributed by atoms with van der Waals surface area (Å²) in [6.07, 6.45) is 0. The first kappa shape index (κ1) is 17.8. The molecular formula is C18H19N3O4S. The molecule has 3 rings (SSSR count). The predicted octanol–water partition coefficient (Wildman–Crippen LogP) is 3.39. The number of ether oxygens (including phenoxy) is 3. The molecule has 3 aromatic rings. The highest BCUT2D eigenvalue weighted by molar-refractivity contribution is 7.22. The number of hydrazine groups is 1. The lowest BCUT2D eigenvalue weighted by molar-refractivity contribution is 0.0962. The number of nitrogens with one attached hydrogen (secondary N) is 2. The van der Waals surface area contributed by atoms with Crippen LogP contribution in [-0.4, -0.2) is 32.2 Å². The Labute approximate surface area is 154 Å². The summed E-state index contributed by atoms with van der Waals surface area (Å²) in [6.45, 7) is 2.00. The van der Waals surface area contributed by atoms with E-state index in [2.05, 4.69) is 15.8 Å². The molecular weight excluding hydrogens is 354 g/mol. The van der Waals surface area contributed by atoms with Crippen molar-refractivity contribution in [2.45, 2.75) is 6.92 Å². The lowest BCUT2D eigenvalue weighted by Gasteiger charge is -2.09. The monoisotopic (exact) mass is 373 g/mol. The van der Waals surface area contributed by atoms with Crippen molar-refractivity contribution < 1.29 is 19.0 Å². The molecule has 0 spiro atoms. The van der Waals surface area contributed by atoms with E-state index in [1.807, 2.05) is 19.1 Å². The van der Waals surface area contributed by atoms with Gasteiger partial charge in [-0.15, -0.1) is 0 Å². The van der Waals surface area contributed by atoms with Gasteiger partial charge in [0.2, 0.25) is 5.13 Å². The molecule has 0 bridgehead atoms. The van der Waals surface area contributed by atoms with Crippen LogP contribution >= 0.6 is 11.3 Å². The van der Waals surface area contributed by atoms with Gasteiger partial charge in [0.05, 0.1) is 26.0 Å². The molecule has 0 saturated heterocycles.